The first-order chi connectivity index (χ1) is 6.98. The zero-order chi connectivity index (χ0) is 11.1. The van der Waals surface area contributed by atoms with Gasteiger partial charge in [0.15, 0.2) is 5.69 Å². The van der Waals surface area contributed by atoms with E-state index in [1.807, 2.05) is 0 Å². The summed E-state index contributed by atoms with van der Waals surface area (Å²) in [6.07, 6.45) is -4.45. The second-order valence-electron chi connectivity index (χ2n) is 2.85. The van der Waals surface area contributed by atoms with Crippen LogP contribution in [0.5, 0.6) is 0 Å². The van der Waals surface area contributed by atoms with E-state index in [1.165, 1.54) is 6.07 Å². The van der Waals surface area contributed by atoms with Crippen LogP contribution in [0.15, 0.2) is 24.3 Å². The Kier molecular flexibility index (Phi) is 2.53. The fourth-order valence-corrected chi connectivity index (χ4v) is 1.85. The van der Waals surface area contributed by atoms with Crippen LogP contribution in [0.25, 0.3) is 11.0 Å². The predicted molar refractivity (Wildman–Crippen MR) is 57.3 cm³/mol. The first-order valence-electron chi connectivity index (χ1n) is 3.98. The first kappa shape index (κ1) is 10.6. The Balaban J connectivity index is 2.73. The number of benzene rings is 1. The predicted octanol–water partition coefficient (Wildman–Crippen LogP) is 3.25. The molecular weight excluding hydrogens is 320 g/mol. The van der Waals surface area contributed by atoms with Crippen molar-refractivity contribution in [3.63, 3.8) is 0 Å². The summed E-state index contributed by atoms with van der Waals surface area (Å²) >= 11 is 1.54. The van der Waals surface area contributed by atoms with Crippen molar-refractivity contribution < 1.29 is 13.2 Å². The molecule has 78 valence electrons. The molecule has 1 heterocycles. The van der Waals surface area contributed by atoms with Gasteiger partial charge in [-0.25, -0.2) is 9.97 Å². The molecule has 0 atom stereocenters. The number of alkyl halides is 3. The van der Waals surface area contributed by atoms with E-state index in [1.54, 1.807) is 40.8 Å². The highest BCUT2D eigenvalue weighted by molar-refractivity contribution is 14.1. The summed E-state index contributed by atoms with van der Waals surface area (Å²) in [5.74, 6) is 0. The molecule has 0 saturated heterocycles. The Hall–Kier alpha value is -0.920. The van der Waals surface area contributed by atoms with Gasteiger partial charge in [0.25, 0.3) is 0 Å². The molecule has 0 N–H and O–H groups in total. The lowest BCUT2D eigenvalue weighted by atomic mass is 10.3. The molecule has 15 heavy (non-hydrogen) atoms. The maximum atomic E-state index is 12.5. The third-order valence-electron chi connectivity index (χ3n) is 1.80. The van der Waals surface area contributed by atoms with E-state index in [0.717, 1.165) is 0 Å². The normalized spacial score (nSPS) is 12.0. The highest BCUT2D eigenvalue weighted by atomic mass is 127. The van der Waals surface area contributed by atoms with Gasteiger partial charge in [0.1, 0.15) is 3.70 Å². The van der Waals surface area contributed by atoms with E-state index >= 15 is 0 Å². The smallest absolute Gasteiger partial charge is 0.239 e. The van der Waals surface area contributed by atoms with Crippen molar-refractivity contribution in [1.29, 1.82) is 0 Å². The molecule has 0 aliphatic heterocycles. The highest BCUT2D eigenvalue weighted by Crippen LogP contribution is 2.31. The molecule has 0 saturated carbocycles. The van der Waals surface area contributed by atoms with Crippen LogP contribution in [-0.2, 0) is 6.18 Å². The summed E-state index contributed by atoms with van der Waals surface area (Å²) < 4.78 is 37.3. The number of hydrogen-bond acceptors (Lipinski definition) is 2. The Morgan fingerprint density at radius 1 is 1.00 bits per heavy atom. The zero-order valence-electron chi connectivity index (χ0n) is 7.22. The molecule has 6 heteroatoms. The Morgan fingerprint density at radius 2 is 1.53 bits per heavy atom. The average Bonchev–Trinajstić information content (AvgIpc) is 2.15. The number of halogens is 4. The molecule has 0 unspecified atom stereocenters. The van der Waals surface area contributed by atoms with E-state index < -0.39 is 11.9 Å². The summed E-state index contributed by atoms with van der Waals surface area (Å²) in [6.45, 7) is 0. The third-order valence-corrected chi connectivity index (χ3v) is 2.55. The Morgan fingerprint density at radius 3 is 2.07 bits per heavy atom. The van der Waals surface area contributed by atoms with Gasteiger partial charge in [-0.3, -0.25) is 0 Å². The van der Waals surface area contributed by atoms with Crippen molar-refractivity contribution in [3.05, 3.63) is 33.7 Å². The number of rotatable bonds is 0. The standard InChI is InChI=1S/C9H4F3IN2/c10-9(11,12)7-8(13)15-6-4-2-1-3-5(6)14-7/h1-4H. The van der Waals surface area contributed by atoms with Crippen LogP contribution < -0.4 is 0 Å². The summed E-state index contributed by atoms with van der Waals surface area (Å²) in [7, 11) is 0. The van der Waals surface area contributed by atoms with Crippen LogP contribution in [0.4, 0.5) is 13.2 Å². The first-order valence-corrected chi connectivity index (χ1v) is 5.06. The van der Waals surface area contributed by atoms with Gasteiger partial charge in [0, 0.05) is 0 Å². The Labute approximate surface area is 96.7 Å². The number of aromatic nitrogens is 2. The highest BCUT2D eigenvalue weighted by Gasteiger charge is 2.36. The van der Waals surface area contributed by atoms with Crippen molar-refractivity contribution in [2.45, 2.75) is 6.18 Å². The van der Waals surface area contributed by atoms with Crippen LogP contribution in [0.3, 0.4) is 0 Å². The van der Waals surface area contributed by atoms with Crippen molar-refractivity contribution in [1.82, 2.24) is 9.97 Å². The minimum Gasteiger partial charge on any atom is -0.239 e. The molecule has 2 nitrogen and oxygen atoms in total. The molecule has 0 aliphatic carbocycles. The molecule has 2 rings (SSSR count). The van der Waals surface area contributed by atoms with Gasteiger partial charge in [-0.05, 0) is 34.7 Å². The molecule has 0 radical (unpaired) electrons. The number of nitrogens with zero attached hydrogens (tertiary/aromatic N) is 2. The molecule has 0 fully saturated rings. The number of hydrogen-bond donors (Lipinski definition) is 0. The molecule has 0 spiro atoms. The van der Waals surface area contributed by atoms with Crippen LogP contribution >= 0.6 is 22.6 Å². The Bertz CT molecular complexity index is 510. The third kappa shape index (κ3) is 2.04. The number of fused-ring (bicyclic) bond motifs is 1. The molecular formula is C9H4F3IN2. The van der Waals surface area contributed by atoms with E-state index in [2.05, 4.69) is 9.97 Å². The van der Waals surface area contributed by atoms with Gasteiger partial charge in [-0.2, -0.15) is 13.2 Å². The van der Waals surface area contributed by atoms with Gasteiger partial charge in [0.2, 0.25) is 0 Å². The van der Waals surface area contributed by atoms with Gasteiger partial charge in [-0.15, -0.1) is 0 Å². The van der Waals surface area contributed by atoms with Crippen LogP contribution in [0, 0.1) is 3.70 Å². The summed E-state index contributed by atoms with van der Waals surface area (Å²) in [5.41, 5.74) is -0.207. The van der Waals surface area contributed by atoms with Gasteiger partial charge in [0.05, 0.1) is 11.0 Å². The van der Waals surface area contributed by atoms with E-state index in [0.29, 0.717) is 5.52 Å². The largest absolute Gasteiger partial charge is 0.436 e. The SMILES string of the molecule is FC(F)(F)c1nc2ccccc2nc1I. The lowest BCUT2D eigenvalue weighted by Gasteiger charge is -2.08. The average molecular weight is 324 g/mol. The zero-order valence-corrected chi connectivity index (χ0v) is 9.37. The molecule has 0 aliphatic rings. The van der Waals surface area contributed by atoms with Crippen LogP contribution in [0.2, 0.25) is 0 Å². The molecule has 0 bridgehead atoms. The lowest BCUT2D eigenvalue weighted by Crippen LogP contribution is -2.12. The topological polar surface area (TPSA) is 25.8 Å². The minimum atomic E-state index is -4.45. The van der Waals surface area contributed by atoms with E-state index in [-0.39, 0.29) is 9.22 Å². The summed E-state index contributed by atoms with van der Waals surface area (Å²) in [5, 5.41) is 0. The fraction of sp³-hybridized carbons (Fsp3) is 0.111. The maximum Gasteiger partial charge on any atom is 0.436 e. The molecule has 1 aromatic carbocycles. The summed E-state index contributed by atoms with van der Waals surface area (Å²) in [6, 6.07) is 6.47. The monoisotopic (exact) mass is 324 g/mol. The van der Waals surface area contributed by atoms with Crippen LogP contribution in [0.1, 0.15) is 5.69 Å². The minimum absolute atomic E-state index is 0.126. The maximum absolute atomic E-state index is 12.5. The molecule has 1 aromatic heterocycles. The second kappa shape index (κ2) is 3.58. The fourth-order valence-electron chi connectivity index (χ4n) is 1.16. The summed E-state index contributed by atoms with van der Waals surface area (Å²) in [4.78, 5) is 7.40. The van der Waals surface area contributed by atoms with Crippen molar-refractivity contribution in [2.75, 3.05) is 0 Å². The van der Waals surface area contributed by atoms with Crippen molar-refractivity contribution >= 4 is 33.6 Å². The quantitative estimate of drug-likeness (QED) is 0.695. The van der Waals surface area contributed by atoms with E-state index in [9.17, 15) is 13.2 Å². The van der Waals surface area contributed by atoms with Crippen molar-refractivity contribution in [2.24, 2.45) is 0 Å². The van der Waals surface area contributed by atoms with Gasteiger partial charge < -0.3 is 0 Å². The second-order valence-corrected chi connectivity index (χ2v) is 3.87. The van der Waals surface area contributed by atoms with Crippen molar-refractivity contribution in [3.8, 4) is 0 Å². The molecule has 0 amide bonds. The lowest BCUT2D eigenvalue weighted by molar-refractivity contribution is -0.142. The molecule has 2 aromatic rings. The van der Waals surface area contributed by atoms with Gasteiger partial charge >= 0.3 is 6.18 Å². The van der Waals surface area contributed by atoms with Crippen LogP contribution in [-0.4, -0.2) is 9.97 Å². The van der Waals surface area contributed by atoms with E-state index in [4.69, 9.17) is 0 Å². The van der Waals surface area contributed by atoms with Gasteiger partial charge in [-0.1, -0.05) is 12.1 Å². The number of para-hydroxylation sites is 2.